The van der Waals surface area contributed by atoms with E-state index in [0.29, 0.717) is 30.9 Å². The predicted molar refractivity (Wildman–Crippen MR) is 108 cm³/mol. The number of anilines is 4. The number of aromatic nitrogens is 2. The average Bonchev–Trinajstić information content (AvgIpc) is 3.11. The van der Waals surface area contributed by atoms with Crippen LogP contribution in [0.4, 0.5) is 41.0 Å². The fourth-order valence-corrected chi connectivity index (χ4v) is 3.64. The number of carbonyl (C=O) groups is 2. The number of nitrogens with two attached hydrogens (primary N) is 1. The van der Waals surface area contributed by atoms with E-state index in [9.17, 15) is 22.8 Å². The molecule has 2 atom stereocenters. The molecule has 1 unspecified atom stereocenters. The van der Waals surface area contributed by atoms with Crippen LogP contribution < -0.4 is 26.2 Å². The molecule has 4 N–H and O–H groups in total. The zero-order chi connectivity index (χ0) is 22.3. The van der Waals surface area contributed by atoms with Gasteiger partial charge in [-0.05, 0) is 31.5 Å². The fourth-order valence-electron chi connectivity index (χ4n) is 3.64. The number of pyridine rings is 2. The number of hydrogen-bond donors (Lipinski definition) is 3. The van der Waals surface area contributed by atoms with Crippen LogP contribution in [-0.4, -0.2) is 53.3 Å². The van der Waals surface area contributed by atoms with Crippen LogP contribution in [-0.2, 0) is 0 Å². The van der Waals surface area contributed by atoms with Crippen molar-refractivity contribution in [3.63, 3.8) is 0 Å². The lowest BCUT2D eigenvalue weighted by Gasteiger charge is -2.35. The SMILES string of the molecule is CC(NC(=O)c1ccc2c(n1)N(C(=O)Nc1cc(N)ccn1)[C@H]1CCN2C1)C(F)(F)F. The van der Waals surface area contributed by atoms with Crippen molar-refractivity contribution in [3.8, 4) is 0 Å². The maximum absolute atomic E-state index is 13.0. The first-order valence-electron chi connectivity index (χ1n) is 9.59. The van der Waals surface area contributed by atoms with Gasteiger partial charge in [0.15, 0.2) is 5.82 Å². The third-order valence-corrected chi connectivity index (χ3v) is 5.26. The number of carbonyl (C=O) groups excluding carboxylic acids is 2. The first-order chi connectivity index (χ1) is 14.6. The van der Waals surface area contributed by atoms with E-state index >= 15 is 0 Å². The van der Waals surface area contributed by atoms with Crippen molar-refractivity contribution in [2.45, 2.75) is 31.6 Å². The van der Waals surface area contributed by atoms with Gasteiger partial charge in [-0.1, -0.05) is 0 Å². The second-order valence-electron chi connectivity index (χ2n) is 7.44. The van der Waals surface area contributed by atoms with E-state index in [2.05, 4.69) is 15.3 Å². The molecule has 0 aliphatic carbocycles. The summed E-state index contributed by atoms with van der Waals surface area (Å²) in [6.45, 7) is 2.12. The van der Waals surface area contributed by atoms with E-state index in [1.54, 1.807) is 12.1 Å². The predicted octanol–water partition coefficient (Wildman–Crippen LogP) is 2.37. The van der Waals surface area contributed by atoms with Gasteiger partial charge < -0.3 is 16.0 Å². The maximum Gasteiger partial charge on any atom is 0.408 e. The van der Waals surface area contributed by atoms with Crippen molar-refractivity contribution < 1.29 is 22.8 Å². The Labute approximate surface area is 175 Å². The van der Waals surface area contributed by atoms with E-state index in [1.807, 2.05) is 10.2 Å². The Morgan fingerprint density at radius 3 is 2.77 bits per heavy atom. The maximum atomic E-state index is 13.0. The van der Waals surface area contributed by atoms with Gasteiger partial charge in [-0.15, -0.1) is 0 Å². The van der Waals surface area contributed by atoms with Gasteiger partial charge >= 0.3 is 12.2 Å². The van der Waals surface area contributed by atoms with Crippen molar-refractivity contribution in [1.82, 2.24) is 15.3 Å². The molecule has 12 heteroatoms. The average molecular weight is 435 g/mol. The zero-order valence-electron chi connectivity index (χ0n) is 16.5. The second kappa shape index (κ2) is 7.60. The van der Waals surface area contributed by atoms with E-state index in [-0.39, 0.29) is 23.4 Å². The summed E-state index contributed by atoms with van der Waals surface area (Å²) < 4.78 is 38.4. The topological polar surface area (TPSA) is 116 Å². The van der Waals surface area contributed by atoms with Crippen molar-refractivity contribution in [3.05, 3.63) is 36.2 Å². The number of halogens is 3. The van der Waals surface area contributed by atoms with Gasteiger partial charge in [-0.25, -0.2) is 14.8 Å². The van der Waals surface area contributed by atoms with E-state index < -0.39 is 24.2 Å². The molecule has 31 heavy (non-hydrogen) atoms. The Morgan fingerprint density at radius 1 is 1.29 bits per heavy atom. The standard InChI is InChI=1S/C19H20F3N7O2/c1-10(19(20,21)22)25-17(30)13-2-3-14-16(26-13)29(12-5-7-28(14)9-12)18(31)27-15-8-11(23)4-6-24-15/h2-4,6,8,10,12H,5,7,9H2,1H3,(H,25,30)(H3,23,24,27,31)/t10?,12-/m0/s1. The number of alkyl halides is 3. The van der Waals surface area contributed by atoms with Crippen LogP contribution >= 0.6 is 0 Å². The summed E-state index contributed by atoms with van der Waals surface area (Å²) >= 11 is 0. The molecule has 4 heterocycles. The van der Waals surface area contributed by atoms with E-state index in [4.69, 9.17) is 5.73 Å². The molecule has 0 radical (unpaired) electrons. The summed E-state index contributed by atoms with van der Waals surface area (Å²) in [5, 5.41) is 4.55. The van der Waals surface area contributed by atoms with Gasteiger partial charge in [0.1, 0.15) is 17.6 Å². The van der Waals surface area contributed by atoms with Crippen LogP contribution in [0.15, 0.2) is 30.5 Å². The number of hydrogen-bond acceptors (Lipinski definition) is 6. The summed E-state index contributed by atoms with van der Waals surface area (Å²) in [5.74, 6) is -0.513. The lowest BCUT2D eigenvalue weighted by atomic mass is 10.1. The molecule has 4 rings (SSSR count). The van der Waals surface area contributed by atoms with Crippen LogP contribution in [0.1, 0.15) is 23.8 Å². The van der Waals surface area contributed by atoms with Crippen LogP contribution in [0.2, 0.25) is 0 Å². The molecule has 164 valence electrons. The highest BCUT2D eigenvalue weighted by Gasteiger charge is 2.41. The Hall–Kier alpha value is -3.57. The Bertz CT molecular complexity index is 1030. The molecule has 2 bridgehead atoms. The Morgan fingerprint density at radius 2 is 2.06 bits per heavy atom. The van der Waals surface area contributed by atoms with Crippen molar-refractivity contribution in [2.75, 3.05) is 33.9 Å². The minimum Gasteiger partial charge on any atom is -0.399 e. The highest BCUT2D eigenvalue weighted by molar-refractivity contribution is 6.05. The summed E-state index contributed by atoms with van der Waals surface area (Å²) in [6.07, 6.45) is -2.44. The first kappa shape index (κ1) is 20.7. The van der Waals surface area contributed by atoms with Crippen LogP contribution in [0, 0.1) is 0 Å². The van der Waals surface area contributed by atoms with Gasteiger partial charge in [0.05, 0.1) is 11.7 Å². The normalized spacial score (nSPS) is 18.4. The fraction of sp³-hybridized carbons (Fsp3) is 0.368. The molecular formula is C19H20F3N7O2. The lowest BCUT2D eigenvalue weighted by Crippen LogP contribution is -2.49. The minimum absolute atomic E-state index is 0.200. The quantitative estimate of drug-likeness (QED) is 0.682. The summed E-state index contributed by atoms with van der Waals surface area (Å²) in [7, 11) is 0. The molecule has 2 aromatic heterocycles. The number of fused-ring (bicyclic) bond motifs is 4. The summed E-state index contributed by atoms with van der Waals surface area (Å²) in [4.78, 5) is 37.1. The van der Waals surface area contributed by atoms with Crippen LogP contribution in [0.5, 0.6) is 0 Å². The monoisotopic (exact) mass is 435 g/mol. The number of nitrogens with one attached hydrogen (secondary N) is 2. The van der Waals surface area contributed by atoms with E-state index in [0.717, 1.165) is 6.92 Å². The van der Waals surface area contributed by atoms with Crippen molar-refractivity contribution >= 4 is 34.9 Å². The van der Waals surface area contributed by atoms with Gasteiger partial charge in [0.25, 0.3) is 5.91 Å². The minimum atomic E-state index is -4.58. The molecule has 2 aromatic rings. The number of urea groups is 1. The molecular weight excluding hydrogens is 415 g/mol. The first-order valence-corrected chi connectivity index (χ1v) is 9.59. The number of nitrogen functional groups attached to an aromatic ring is 1. The molecule has 2 aliphatic rings. The van der Waals surface area contributed by atoms with Gasteiger partial charge in [-0.2, -0.15) is 13.2 Å². The summed E-state index contributed by atoms with van der Waals surface area (Å²) in [5.41, 5.74) is 6.57. The van der Waals surface area contributed by atoms with E-state index in [1.165, 1.54) is 23.2 Å². The Balaban J connectivity index is 1.63. The lowest BCUT2D eigenvalue weighted by molar-refractivity contribution is -0.149. The summed E-state index contributed by atoms with van der Waals surface area (Å²) in [6, 6.07) is 3.27. The number of rotatable bonds is 3. The zero-order valence-corrected chi connectivity index (χ0v) is 16.5. The number of nitrogens with zero attached hydrogens (tertiary/aromatic N) is 4. The molecule has 0 saturated carbocycles. The van der Waals surface area contributed by atoms with Gasteiger partial charge in [-0.3, -0.25) is 15.0 Å². The Kier molecular flexibility index (Phi) is 5.07. The van der Waals surface area contributed by atoms with Crippen molar-refractivity contribution in [1.29, 1.82) is 0 Å². The van der Waals surface area contributed by atoms with Crippen LogP contribution in [0.25, 0.3) is 0 Å². The highest BCUT2D eigenvalue weighted by atomic mass is 19.4. The molecule has 3 amide bonds. The third-order valence-electron chi connectivity index (χ3n) is 5.26. The van der Waals surface area contributed by atoms with Crippen LogP contribution in [0.3, 0.4) is 0 Å². The largest absolute Gasteiger partial charge is 0.408 e. The molecule has 0 spiro atoms. The molecule has 1 saturated heterocycles. The molecule has 2 aliphatic heterocycles. The van der Waals surface area contributed by atoms with Gasteiger partial charge in [0, 0.05) is 31.0 Å². The third kappa shape index (κ3) is 4.05. The molecule has 0 aromatic carbocycles. The molecule has 9 nitrogen and oxygen atoms in total. The molecule has 1 fully saturated rings. The second-order valence-corrected chi connectivity index (χ2v) is 7.44. The van der Waals surface area contributed by atoms with Crippen molar-refractivity contribution in [2.24, 2.45) is 0 Å². The smallest absolute Gasteiger partial charge is 0.399 e. The van der Waals surface area contributed by atoms with Gasteiger partial charge in [0.2, 0.25) is 0 Å². The highest BCUT2D eigenvalue weighted by Crippen LogP contribution is 2.39. The number of amides is 3.